The predicted molar refractivity (Wildman–Crippen MR) is 107 cm³/mol. The van der Waals surface area contributed by atoms with Crippen LogP contribution in [0.1, 0.15) is 44.6 Å². The molecular weight excluding hydrogens is 340 g/mol. The molecule has 0 unspecified atom stereocenters. The first-order valence-corrected chi connectivity index (χ1v) is 9.99. The fraction of sp³-hybridized carbons (Fsp3) is 0.591. The van der Waals surface area contributed by atoms with Crippen molar-refractivity contribution >= 4 is 0 Å². The van der Waals surface area contributed by atoms with Crippen molar-refractivity contribution in [3.8, 4) is 17.6 Å². The van der Waals surface area contributed by atoms with Gasteiger partial charge >= 0.3 is 0 Å². The van der Waals surface area contributed by atoms with Gasteiger partial charge < -0.3 is 19.1 Å². The van der Waals surface area contributed by atoms with Crippen LogP contribution in [0.25, 0.3) is 0 Å². The Labute approximate surface area is 163 Å². The Hall–Kier alpha value is -2.19. The largest absolute Gasteiger partial charge is 0.496 e. The highest BCUT2D eigenvalue weighted by Crippen LogP contribution is 2.27. The topological polar surface area (TPSA) is 54.7 Å². The van der Waals surface area contributed by atoms with E-state index in [2.05, 4.69) is 17.9 Å². The molecule has 0 N–H and O–H groups in total. The summed E-state index contributed by atoms with van der Waals surface area (Å²) in [5.41, 5.74) is 1.69. The van der Waals surface area contributed by atoms with Gasteiger partial charge in [0.2, 0.25) is 0 Å². The minimum atomic E-state index is 0.532. The molecule has 1 fully saturated rings. The van der Waals surface area contributed by atoms with Crippen LogP contribution in [0.4, 0.5) is 0 Å². The number of nitrogens with zero attached hydrogens (tertiary/aromatic N) is 2. The third-order valence-electron chi connectivity index (χ3n) is 4.68. The molecule has 1 heterocycles. The fourth-order valence-corrected chi connectivity index (χ4v) is 3.12. The molecule has 5 heteroatoms. The van der Waals surface area contributed by atoms with Crippen LogP contribution in [0.15, 0.2) is 30.0 Å². The Morgan fingerprint density at radius 3 is 2.70 bits per heavy atom. The summed E-state index contributed by atoms with van der Waals surface area (Å²) in [5.74, 6) is 1.62. The molecule has 0 atom stereocenters. The summed E-state index contributed by atoms with van der Waals surface area (Å²) in [4.78, 5) is 2.14. The number of methoxy groups -OCH3 is 1. The van der Waals surface area contributed by atoms with Crippen molar-refractivity contribution in [3.05, 3.63) is 35.5 Å². The Morgan fingerprint density at radius 2 is 2.00 bits per heavy atom. The minimum absolute atomic E-state index is 0.532. The van der Waals surface area contributed by atoms with Gasteiger partial charge in [-0.2, -0.15) is 5.26 Å². The lowest BCUT2D eigenvalue weighted by Gasteiger charge is -2.25. The summed E-state index contributed by atoms with van der Waals surface area (Å²) in [5, 5.41) is 9.55. The number of benzene rings is 1. The number of rotatable bonds is 11. The van der Waals surface area contributed by atoms with Gasteiger partial charge in [0, 0.05) is 36.8 Å². The van der Waals surface area contributed by atoms with E-state index in [1.165, 1.54) is 25.7 Å². The molecule has 1 aromatic carbocycles. The number of hydrogen-bond acceptors (Lipinski definition) is 5. The van der Waals surface area contributed by atoms with Crippen LogP contribution < -0.4 is 9.47 Å². The van der Waals surface area contributed by atoms with Crippen molar-refractivity contribution in [3.63, 3.8) is 0 Å². The van der Waals surface area contributed by atoms with E-state index in [0.717, 1.165) is 43.2 Å². The van der Waals surface area contributed by atoms with Crippen molar-refractivity contribution in [1.29, 1.82) is 5.26 Å². The quantitative estimate of drug-likeness (QED) is 0.427. The third-order valence-corrected chi connectivity index (χ3v) is 4.68. The van der Waals surface area contributed by atoms with Crippen LogP contribution in [-0.4, -0.2) is 44.9 Å². The van der Waals surface area contributed by atoms with Gasteiger partial charge in [-0.05, 0) is 24.6 Å². The van der Waals surface area contributed by atoms with E-state index in [1.54, 1.807) is 7.11 Å². The second-order valence-corrected chi connectivity index (χ2v) is 6.83. The highest BCUT2D eigenvalue weighted by molar-refractivity contribution is 5.44. The molecule has 1 saturated heterocycles. The maximum absolute atomic E-state index is 9.55. The van der Waals surface area contributed by atoms with Crippen molar-refractivity contribution in [2.75, 3.05) is 40.0 Å². The predicted octanol–water partition coefficient (Wildman–Crippen LogP) is 4.33. The second-order valence-electron chi connectivity index (χ2n) is 6.83. The zero-order valence-corrected chi connectivity index (χ0v) is 16.7. The van der Waals surface area contributed by atoms with Crippen molar-refractivity contribution in [1.82, 2.24) is 4.90 Å². The molecule has 0 spiro atoms. The first-order chi connectivity index (χ1) is 13.3. The van der Waals surface area contributed by atoms with Crippen LogP contribution in [-0.2, 0) is 11.2 Å². The number of allylic oxidation sites excluding steroid dienone is 1. The van der Waals surface area contributed by atoms with E-state index in [-0.39, 0.29) is 0 Å². The van der Waals surface area contributed by atoms with Crippen LogP contribution >= 0.6 is 0 Å². The van der Waals surface area contributed by atoms with E-state index < -0.39 is 0 Å². The molecule has 0 saturated carbocycles. The average molecular weight is 373 g/mol. The number of hydrogen-bond donors (Lipinski definition) is 0. The molecule has 0 radical (unpaired) electrons. The Bertz CT molecular complexity index is 631. The van der Waals surface area contributed by atoms with Crippen molar-refractivity contribution < 1.29 is 14.2 Å². The first-order valence-electron chi connectivity index (χ1n) is 9.99. The number of ether oxygens (including phenoxy) is 3. The highest BCUT2D eigenvalue weighted by atomic mass is 16.5. The number of morpholine rings is 1. The molecule has 0 bridgehead atoms. The molecule has 0 aliphatic carbocycles. The van der Waals surface area contributed by atoms with Crippen molar-refractivity contribution in [2.24, 2.45) is 0 Å². The van der Waals surface area contributed by atoms with Gasteiger partial charge in [-0.1, -0.05) is 32.6 Å². The van der Waals surface area contributed by atoms with Gasteiger partial charge in [-0.25, -0.2) is 0 Å². The van der Waals surface area contributed by atoms with Crippen LogP contribution in [0.2, 0.25) is 0 Å². The van der Waals surface area contributed by atoms with Gasteiger partial charge in [0.05, 0.1) is 33.0 Å². The maximum Gasteiger partial charge on any atom is 0.122 e. The monoisotopic (exact) mass is 372 g/mol. The zero-order valence-electron chi connectivity index (χ0n) is 16.7. The molecule has 2 rings (SSSR count). The molecule has 1 aromatic rings. The molecule has 0 aromatic heterocycles. The highest BCUT2D eigenvalue weighted by Gasteiger charge is 2.11. The summed E-state index contributed by atoms with van der Waals surface area (Å²) < 4.78 is 16.7. The van der Waals surface area contributed by atoms with Gasteiger partial charge in [0.15, 0.2) is 0 Å². The van der Waals surface area contributed by atoms with Crippen LogP contribution in [0, 0.1) is 11.3 Å². The van der Waals surface area contributed by atoms with E-state index >= 15 is 0 Å². The molecule has 0 amide bonds. The van der Waals surface area contributed by atoms with Crippen LogP contribution in [0.3, 0.4) is 0 Å². The lowest BCUT2D eigenvalue weighted by atomic mass is 10.0. The molecule has 1 aliphatic rings. The average Bonchev–Trinajstić information content (AvgIpc) is 2.71. The summed E-state index contributed by atoms with van der Waals surface area (Å²) >= 11 is 0. The zero-order chi connectivity index (χ0) is 19.3. The maximum atomic E-state index is 9.55. The second kappa shape index (κ2) is 12.2. The number of unbranched alkanes of at least 4 members (excludes halogenated alkanes) is 4. The van der Waals surface area contributed by atoms with E-state index in [0.29, 0.717) is 25.2 Å². The molecule has 5 nitrogen and oxygen atoms in total. The molecular formula is C22H32N2O3. The van der Waals surface area contributed by atoms with E-state index in [1.807, 2.05) is 24.4 Å². The smallest absolute Gasteiger partial charge is 0.122 e. The van der Waals surface area contributed by atoms with Gasteiger partial charge in [0.1, 0.15) is 11.5 Å². The Kier molecular flexibility index (Phi) is 9.57. The third kappa shape index (κ3) is 7.52. The summed E-state index contributed by atoms with van der Waals surface area (Å²) in [7, 11) is 1.66. The van der Waals surface area contributed by atoms with Gasteiger partial charge in [-0.15, -0.1) is 0 Å². The lowest BCUT2D eigenvalue weighted by molar-refractivity contribution is 0.0591. The van der Waals surface area contributed by atoms with Gasteiger partial charge in [-0.3, -0.25) is 0 Å². The minimum Gasteiger partial charge on any atom is -0.496 e. The van der Waals surface area contributed by atoms with E-state index in [9.17, 15) is 5.26 Å². The number of nitriles is 1. The summed E-state index contributed by atoms with van der Waals surface area (Å²) in [6.45, 7) is 6.01. The molecule has 148 valence electrons. The van der Waals surface area contributed by atoms with Crippen LogP contribution in [0.5, 0.6) is 11.5 Å². The van der Waals surface area contributed by atoms with Gasteiger partial charge in [0.25, 0.3) is 0 Å². The Morgan fingerprint density at radius 1 is 1.22 bits per heavy atom. The SMILES string of the molecule is CCCCCCCOc1ccc(OC)c(C/C(C#N)=C/N2CCOCC2)c1. The Balaban J connectivity index is 1.97. The summed E-state index contributed by atoms with van der Waals surface area (Å²) in [6.07, 6.45) is 8.57. The molecule has 27 heavy (non-hydrogen) atoms. The normalized spacial score (nSPS) is 14.7. The summed E-state index contributed by atoms with van der Waals surface area (Å²) in [6, 6.07) is 8.18. The first kappa shape index (κ1) is 21.1. The fourth-order valence-electron chi connectivity index (χ4n) is 3.12. The van der Waals surface area contributed by atoms with E-state index in [4.69, 9.17) is 14.2 Å². The molecule has 1 aliphatic heterocycles. The lowest BCUT2D eigenvalue weighted by Crippen LogP contribution is -2.32. The standard InChI is InChI=1S/C22H32N2O3/c1-3-4-5-6-7-12-27-21-8-9-22(25-2)20(16-21)15-19(17-23)18-24-10-13-26-14-11-24/h8-9,16,18H,3-7,10-15H2,1-2H3/b19-18-. The van der Waals surface area contributed by atoms with Crippen molar-refractivity contribution in [2.45, 2.75) is 45.4 Å².